The summed E-state index contributed by atoms with van der Waals surface area (Å²) < 4.78 is 31.1. The summed E-state index contributed by atoms with van der Waals surface area (Å²) in [5, 5.41) is 0.568. The number of rotatable bonds is 5. The third kappa shape index (κ3) is 3.61. The largest absolute Gasteiger partial charge is 0.330 e. The number of benzene rings is 3. The minimum absolute atomic E-state index is 0.200. The van der Waals surface area contributed by atoms with Crippen LogP contribution in [0, 0.1) is 11.6 Å². The van der Waals surface area contributed by atoms with Crippen molar-refractivity contribution in [2.24, 2.45) is 0 Å². The van der Waals surface area contributed by atoms with E-state index < -0.39 is 5.82 Å². The monoisotopic (exact) mass is 415 g/mol. The van der Waals surface area contributed by atoms with Gasteiger partial charge in [0.05, 0.1) is 11.8 Å². The fraction of sp³-hybridized carbons (Fsp3) is 0.120. The van der Waals surface area contributed by atoms with Crippen LogP contribution in [0.5, 0.6) is 0 Å². The van der Waals surface area contributed by atoms with Crippen molar-refractivity contribution in [3.8, 4) is 0 Å². The first-order valence-electron chi connectivity index (χ1n) is 10.1. The quantitative estimate of drug-likeness (QED) is 0.409. The number of nitrogens with zero attached hydrogens (tertiary/aromatic N) is 3. The molecule has 31 heavy (non-hydrogen) atoms. The third-order valence-electron chi connectivity index (χ3n) is 5.50. The van der Waals surface area contributed by atoms with Gasteiger partial charge in [0.1, 0.15) is 22.7 Å². The van der Waals surface area contributed by atoms with Gasteiger partial charge in [-0.15, -0.1) is 0 Å². The van der Waals surface area contributed by atoms with E-state index in [1.165, 1.54) is 30.6 Å². The van der Waals surface area contributed by atoms with Crippen LogP contribution in [0.25, 0.3) is 21.9 Å². The molecule has 0 N–H and O–H groups in total. The first kappa shape index (κ1) is 19.2. The average Bonchev–Trinajstić information content (AvgIpc) is 3.07. The van der Waals surface area contributed by atoms with Gasteiger partial charge in [-0.2, -0.15) is 0 Å². The lowest BCUT2D eigenvalue weighted by Crippen LogP contribution is -2.23. The third-order valence-corrected chi connectivity index (χ3v) is 5.50. The van der Waals surface area contributed by atoms with Gasteiger partial charge in [0, 0.05) is 18.5 Å². The molecule has 0 fully saturated rings. The molecule has 0 atom stereocenters. The second kappa shape index (κ2) is 7.80. The van der Waals surface area contributed by atoms with Gasteiger partial charge < -0.3 is 4.57 Å². The van der Waals surface area contributed by atoms with Gasteiger partial charge in [0.15, 0.2) is 0 Å². The maximum atomic E-state index is 14.0. The molecule has 0 radical (unpaired) electrons. The Kier molecular flexibility index (Phi) is 4.82. The highest BCUT2D eigenvalue weighted by Crippen LogP contribution is 2.27. The fourth-order valence-corrected chi connectivity index (χ4v) is 4.01. The molecule has 0 aliphatic carbocycles. The Morgan fingerprint density at radius 2 is 1.61 bits per heavy atom. The topological polar surface area (TPSA) is 39.8 Å². The molecule has 4 nitrogen and oxygen atoms in total. The van der Waals surface area contributed by atoms with E-state index in [0.29, 0.717) is 40.5 Å². The lowest BCUT2D eigenvalue weighted by Gasteiger charge is -2.09. The summed E-state index contributed by atoms with van der Waals surface area (Å²) in [6, 6.07) is 20.5. The first-order chi connectivity index (χ1) is 15.1. The van der Waals surface area contributed by atoms with Crippen LogP contribution < -0.4 is 5.56 Å². The van der Waals surface area contributed by atoms with E-state index in [4.69, 9.17) is 0 Å². The average molecular weight is 415 g/mol. The highest BCUT2D eigenvalue weighted by Gasteiger charge is 2.17. The van der Waals surface area contributed by atoms with Gasteiger partial charge in [0.2, 0.25) is 0 Å². The van der Waals surface area contributed by atoms with Crippen LogP contribution in [0.3, 0.4) is 0 Å². The number of aryl methyl sites for hydroxylation is 2. The van der Waals surface area contributed by atoms with Crippen molar-refractivity contribution in [1.82, 2.24) is 14.1 Å². The van der Waals surface area contributed by atoms with Crippen molar-refractivity contribution < 1.29 is 8.78 Å². The zero-order valence-electron chi connectivity index (χ0n) is 16.6. The normalized spacial score (nSPS) is 11.4. The van der Waals surface area contributed by atoms with Crippen molar-refractivity contribution in [2.75, 3.05) is 0 Å². The SMILES string of the molecule is O=c1c2c(ncn1CCc1ccccc1)c1cc(F)ccc1n2Cc1cccc(F)c1. The minimum atomic E-state index is -0.396. The molecule has 6 heteroatoms. The Hall–Kier alpha value is -3.80. The van der Waals surface area contributed by atoms with Crippen LogP contribution in [0.4, 0.5) is 8.78 Å². The summed E-state index contributed by atoms with van der Waals surface area (Å²) in [5.74, 6) is -0.741. The van der Waals surface area contributed by atoms with E-state index in [-0.39, 0.29) is 17.9 Å². The molecule has 0 aliphatic rings. The van der Waals surface area contributed by atoms with Gasteiger partial charge in [0.25, 0.3) is 5.56 Å². The van der Waals surface area contributed by atoms with Crippen molar-refractivity contribution in [1.29, 1.82) is 0 Å². The molecule has 2 aromatic heterocycles. The highest BCUT2D eigenvalue weighted by atomic mass is 19.1. The molecule has 5 aromatic rings. The van der Waals surface area contributed by atoms with Crippen LogP contribution in [-0.4, -0.2) is 14.1 Å². The molecule has 0 spiro atoms. The van der Waals surface area contributed by atoms with Gasteiger partial charge in [-0.3, -0.25) is 9.36 Å². The Bertz CT molecular complexity index is 1450. The van der Waals surface area contributed by atoms with E-state index in [0.717, 1.165) is 5.56 Å². The maximum absolute atomic E-state index is 14.0. The lowest BCUT2D eigenvalue weighted by molar-refractivity contribution is 0.624. The Morgan fingerprint density at radius 3 is 2.42 bits per heavy atom. The maximum Gasteiger partial charge on any atom is 0.277 e. The summed E-state index contributed by atoms with van der Waals surface area (Å²) in [6.07, 6.45) is 2.21. The van der Waals surface area contributed by atoms with Gasteiger partial charge >= 0.3 is 0 Å². The predicted octanol–water partition coefficient (Wildman–Crippen LogP) is 4.92. The predicted molar refractivity (Wildman–Crippen MR) is 117 cm³/mol. The Balaban J connectivity index is 1.66. The van der Waals surface area contributed by atoms with Crippen LogP contribution in [0.15, 0.2) is 83.9 Å². The molecule has 2 heterocycles. The molecular weight excluding hydrogens is 396 g/mol. The highest BCUT2D eigenvalue weighted by molar-refractivity contribution is 6.05. The molecule has 0 unspecified atom stereocenters. The molecular formula is C25H19F2N3O. The van der Waals surface area contributed by atoms with Gasteiger partial charge in [-0.25, -0.2) is 13.8 Å². The summed E-state index contributed by atoms with van der Waals surface area (Å²) in [5.41, 5.74) is 3.16. The Morgan fingerprint density at radius 1 is 0.839 bits per heavy atom. The molecule has 3 aromatic carbocycles. The van der Waals surface area contributed by atoms with Crippen molar-refractivity contribution in [3.63, 3.8) is 0 Å². The second-order valence-electron chi connectivity index (χ2n) is 7.55. The molecule has 154 valence electrons. The number of halogens is 2. The van der Waals surface area contributed by atoms with Gasteiger partial charge in [-0.1, -0.05) is 42.5 Å². The zero-order chi connectivity index (χ0) is 21.4. The van der Waals surface area contributed by atoms with Gasteiger partial charge in [-0.05, 0) is 47.9 Å². The zero-order valence-corrected chi connectivity index (χ0v) is 16.6. The number of aromatic nitrogens is 3. The number of hydrogen-bond acceptors (Lipinski definition) is 2. The molecule has 0 bridgehead atoms. The smallest absolute Gasteiger partial charge is 0.277 e. The molecule has 0 saturated carbocycles. The van der Waals surface area contributed by atoms with E-state index in [1.54, 1.807) is 27.3 Å². The Labute approximate surface area is 177 Å². The van der Waals surface area contributed by atoms with E-state index in [9.17, 15) is 13.6 Å². The van der Waals surface area contributed by atoms with Crippen molar-refractivity contribution >= 4 is 21.9 Å². The summed E-state index contributed by atoms with van der Waals surface area (Å²) in [4.78, 5) is 17.9. The lowest BCUT2D eigenvalue weighted by atomic mass is 10.1. The van der Waals surface area contributed by atoms with Crippen LogP contribution in [0.2, 0.25) is 0 Å². The summed E-state index contributed by atoms with van der Waals surface area (Å²) >= 11 is 0. The number of fused-ring (bicyclic) bond motifs is 3. The minimum Gasteiger partial charge on any atom is -0.330 e. The van der Waals surface area contributed by atoms with E-state index in [2.05, 4.69) is 4.98 Å². The summed E-state index contributed by atoms with van der Waals surface area (Å²) in [6.45, 7) is 0.755. The van der Waals surface area contributed by atoms with Crippen molar-refractivity contribution in [3.05, 3.63) is 112 Å². The second-order valence-corrected chi connectivity index (χ2v) is 7.55. The summed E-state index contributed by atoms with van der Waals surface area (Å²) in [7, 11) is 0. The molecule has 0 amide bonds. The van der Waals surface area contributed by atoms with Crippen molar-refractivity contribution in [2.45, 2.75) is 19.5 Å². The molecule has 5 rings (SSSR count). The molecule has 0 saturated heterocycles. The van der Waals surface area contributed by atoms with Crippen LogP contribution in [0.1, 0.15) is 11.1 Å². The number of hydrogen-bond donors (Lipinski definition) is 0. The molecule has 0 aliphatic heterocycles. The van der Waals surface area contributed by atoms with Crippen LogP contribution >= 0.6 is 0 Å². The first-order valence-corrected chi connectivity index (χ1v) is 10.1. The standard InChI is InChI=1S/C25H19F2N3O/c26-19-8-4-7-18(13-19)15-30-22-10-9-20(27)14-21(22)23-24(30)25(31)29(16-28-23)12-11-17-5-2-1-3-6-17/h1-10,13-14,16H,11-12,15H2. The van der Waals surface area contributed by atoms with E-state index in [1.807, 2.05) is 30.3 Å². The fourth-order valence-electron chi connectivity index (χ4n) is 4.01. The van der Waals surface area contributed by atoms with Crippen LogP contribution in [-0.2, 0) is 19.5 Å². The van der Waals surface area contributed by atoms with E-state index >= 15 is 0 Å².